The van der Waals surface area contributed by atoms with Crippen LogP contribution in [0.2, 0.25) is 0 Å². The van der Waals surface area contributed by atoms with Crippen molar-refractivity contribution >= 4 is 27.3 Å². The Bertz CT molecular complexity index is 539. The molecule has 2 aromatic rings. The third-order valence-corrected chi connectivity index (χ3v) is 4.47. The highest BCUT2D eigenvalue weighted by Gasteiger charge is 2.11. The third kappa shape index (κ3) is 2.96. The molecular weight excluding hydrogens is 310 g/mol. The lowest BCUT2D eigenvalue weighted by atomic mass is 10.1. The van der Waals surface area contributed by atoms with Crippen molar-refractivity contribution < 1.29 is 0 Å². The first-order valence-corrected chi connectivity index (χ1v) is 7.60. The summed E-state index contributed by atoms with van der Waals surface area (Å²) in [6.07, 6.45) is 1.93. The van der Waals surface area contributed by atoms with Crippen LogP contribution in [0, 0.1) is 6.92 Å². The van der Waals surface area contributed by atoms with Crippen molar-refractivity contribution in [3.05, 3.63) is 33.4 Å². The number of aromatic nitrogens is 2. The van der Waals surface area contributed by atoms with Crippen molar-refractivity contribution in [2.24, 2.45) is 0 Å². The van der Waals surface area contributed by atoms with Gasteiger partial charge in [0.15, 0.2) is 5.82 Å². The fourth-order valence-electron chi connectivity index (χ4n) is 1.87. The summed E-state index contributed by atoms with van der Waals surface area (Å²) in [6.45, 7) is 7.22. The quantitative estimate of drug-likeness (QED) is 0.924. The van der Waals surface area contributed by atoms with Gasteiger partial charge >= 0.3 is 0 Å². The molecule has 0 aromatic carbocycles. The standard InChI is InChI=1S/C13H16BrN3S/c1-4-15-8(2)11-6-16-13(17-9(11)3)12-5-10(14)7-18-12/h5-8,15H,4H2,1-3H3. The number of thiophene rings is 1. The lowest BCUT2D eigenvalue weighted by Crippen LogP contribution is -2.19. The molecular formula is C13H16BrN3S. The lowest BCUT2D eigenvalue weighted by molar-refractivity contribution is 0.590. The molecule has 0 saturated heterocycles. The van der Waals surface area contributed by atoms with E-state index in [2.05, 4.69) is 45.1 Å². The number of aryl methyl sites for hydroxylation is 1. The van der Waals surface area contributed by atoms with Crippen LogP contribution >= 0.6 is 27.3 Å². The minimum Gasteiger partial charge on any atom is -0.310 e. The summed E-state index contributed by atoms with van der Waals surface area (Å²) < 4.78 is 1.08. The molecule has 0 saturated carbocycles. The van der Waals surface area contributed by atoms with Crippen molar-refractivity contribution in [1.29, 1.82) is 0 Å². The number of rotatable bonds is 4. The van der Waals surface area contributed by atoms with Crippen molar-refractivity contribution in [2.45, 2.75) is 26.8 Å². The van der Waals surface area contributed by atoms with Crippen LogP contribution < -0.4 is 5.32 Å². The zero-order chi connectivity index (χ0) is 13.1. The van der Waals surface area contributed by atoms with Gasteiger partial charge in [0.05, 0.1) is 4.88 Å². The van der Waals surface area contributed by atoms with Gasteiger partial charge in [0.2, 0.25) is 0 Å². The molecule has 2 aromatic heterocycles. The van der Waals surface area contributed by atoms with Gasteiger partial charge in [-0.15, -0.1) is 11.3 Å². The Labute approximate surface area is 120 Å². The Hall–Kier alpha value is -0.780. The molecule has 96 valence electrons. The first-order valence-electron chi connectivity index (χ1n) is 5.93. The molecule has 5 heteroatoms. The maximum atomic E-state index is 4.60. The molecule has 1 atom stereocenters. The van der Waals surface area contributed by atoms with E-state index in [0.29, 0.717) is 6.04 Å². The van der Waals surface area contributed by atoms with Crippen LogP contribution in [0.15, 0.2) is 22.1 Å². The number of nitrogens with zero attached hydrogens (tertiary/aromatic N) is 2. The van der Waals surface area contributed by atoms with E-state index in [4.69, 9.17) is 0 Å². The Morgan fingerprint density at radius 2 is 2.28 bits per heavy atom. The summed E-state index contributed by atoms with van der Waals surface area (Å²) in [6, 6.07) is 2.34. The van der Waals surface area contributed by atoms with Gasteiger partial charge in [-0.1, -0.05) is 6.92 Å². The first kappa shape index (κ1) is 13.6. The molecule has 1 N–H and O–H groups in total. The number of hydrogen-bond acceptors (Lipinski definition) is 4. The summed E-state index contributed by atoms with van der Waals surface area (Å²) >= 11 is 5.10. The fraction of sp³-hybridized carbons (Fsp3) is 0.385. The van der Waals surface area contributed by atoms with Crippen molar-refractivity contribution in [3.8, 4) is 10.7 Å². The van der Waals surface area contributed by atoms with E-state index in [1.807, 2.05) is 24.6 Å². The molecule has 0 amide bonds. The van der Waals surface area contributed by atoms with E-state index < -0.39 is 0 Å². The second-order valence-electron chi connectivity index (χ2n) is 4.14. The zero-order valence-electron chi connectivity index (χ0n) is 10.7. The van der Waals surface area contributed by atoms with Crippen LogP contribution in [-0.2, 0) is 0 Å². The Kier molecular flexibility index (Phi) is 4.48. The summed E-state index contributed by atoms with van der Waals surface area (Å²) in [7, 11) is 0. The van der Waals surface area contributed by atoms with Crippen molar-refractivity contribution in [3.63, 3.8) is 0 Å². The largest absolute Gasteiger partial charge is 0.310 e. The minimum absolute atomic E-state index is 0.291. The lowest BCUT2D eigenvalue weighted by Gasteiger charge is -2.14. The van der Waals surface area contributed by atoms with Crippen LogP contribution in [0.25, 0.3) is 10.7 Å². The molecule has 18 heavy (non-hydrogen) atoms. The molecule has 0 aliphatic heterocycles. The van der Waals surface area contributed by atoms with Gasteiger partial charge in [0.25, 0.3) is 0 Å². The molecule has 0 aliphatic rings. The second kappa shape index (κ2) is 5.91. The molecule has 3 nitrogen and oxygen atoms in total. The van der Waals surface area contributed by atoms with Gasteiger partial charge in [-0.25, -0.2) is 9.97 Å². The van der Waals surface area contributed by atoms with E-state index in [1.165, 1.54) is 0 Å². The Morgan fingerprint density at radius 1 is 1.50 bits per heavy atom. The molecule has 1 unspecified atom stereocenters. The maximum Gasteiger partial charge on any atom is 0.169 e. The maximum absolute atomic E-state index is 4.60. The average Bonchev–Trinajstić information content (AvgIpc) is 2.76. The van der Waals surface area contributed by atoms with Crippen LogP contribution in [0.4, 0.5) is 0 Å². The summed E-state index contributed by atoms with van der Waals surface area (Å²) in [5.74, 6) is 0.802. The van der Waals surface area contributed by atoms with Gasteiger partial charge in [0.1, 0.15) is 0 Å². The molecule has 0 bridgehead atoms. The van der Waals surface area contributed by atoms with Gasteiger partial charge in [-0.2, -0.15) is 0 Å². The van der Waals surface area contributed by atoms with Crippen LogP contribution in [0.3, 0.4) is 0 Å². The molecule has 0 radical (unpaired) electrons. The highest BCUT2D eigenvalue weighted by atomic mass is 79.9. The predicted octanol–water partition coefficient (Wildman–Crippen LogP) is 3.95. The third-order valence-electron chi connectivity index (χ3n) is 2.78. The topological polar surface area (TPSA) is 37.8 Å². The smallest absolute Gasteiger partial charge is 0.169 e. The summed E-state index contributed by atoms with van der Waals surface area (Å²) in [4.78, 5) is 10.2. The Morgan fingerprint density at radius 3 is 2.83 bits per heavy atom. The molecule has 0 spiro atoms. The average molecular weight is 326 g/mol. The number of hydrogen-bond donors (Lipinski definition) is 1. The van der Waals surface area contributed by atoms with E-state index in [9.17, 15) is 0 Å². The van der Waals surface area contributed by atoms with Crippen molar-refractivity contribution in [1.82, 2.24) is 15.3 Å². The Balaban J connectivity index is 2.30. The van der Waals surface area contributed by atoms with E-state index in [-0.39, 0.29) is 0 Å². The minimum atomic E-state index is 0.291. The monoisotopic (exact) mass is 325 g/mol. The molecule has 0 fully saturated rings. The van der Waals surface area contributed by atoms with Gasteiger partial charge < -0.3 is 5.32 Å². The van der Waals surface area contributed by atoms with Crippen LogP contribution in [0.1, 0.15) is 31.1 Å². The van der Waals surface area contributed by atoms with E-state index in [1.54, 1.807) is 11.3 Å². The SMILES string of the molecule is CCNC(C)c1cnc(-c2cc(Br)cs2)nc1C. The fourth-order valence-corrected chi connectivity index (χ4v) is 3.23. The molecule has 2 heterocycles. The number of nitrogens with one attached hydrogen (secondary N) is 1. The number of halogens is 1. The summed E-state index contributed by atoms with van der Waals surface area (Å²) in [5.41, 5.74) is 2.20. The summed E-state index contributed by atoms with van der Waals surface area (Å²) in [5, 5.41) is 5.43. The van der Waals surface area contributed by atoms with Crippen molar-refractivity contribution in [2.75, 3.05) is 6.54 Å². The van der Waals surface area contributed by atoms with Gasteiger partial charge in [0, 0.05) is 33.3 Å². The molecule has 2 rings (SSSR count). The second-order valence-corrected chi connectivity index (χ2v) is 5.97. The van der Waals surface area contributed by atoms with Gasteiger partial charge in [-0.05, 0) is 42.4 Å². The van der Waals surface area contributed by atoms with Gasteiger partial charge in [-0.3, -0.25) is 0 Å². The van der Waals surface area contributed by atoms with E-state index >= 15 is 0 Å². The molecule has 0 aliphatic carbocycles. The van der Waals surface area contributed by atoms with Crippen LogP contribution in [0.5, 0.6) is 0 Å². The normalized spacial score (nSPS) is 12.7. The first-order chi connectivity index (χ1) is 8.61. The highest BCUT2D eigenvalue weighted by molar-refractivity contribution is 9.10. The van der Waals surface area contributed by atoms with E-state index in [0.717, 1.165) is 33.0 Å². The highest BCUT2D eigenvalue weighted by Crippen LogP contribution is 2.28. The van der Waals surface area contributed by atoms with Crippen LogP contribution in [-0.4, -0.2) is 16.5 Å². The predicted molar refractivity (Wildman–Crippen MR) is 79.9 cm³/mol. The zero-order valence-corrected chi connectivity index (χ0v) is 13.1.